The predicted molar refractivity (Wildman–Crippen MR) is 227 cm³/mol. The summed E-state index contributed by atoms with van der Waals surface area (Å²) in [5, 5.41) is 14.1. The van der Waals surface area contributed by atoms with E-state index in [0.29, 0.717) is 12.0 Å². The number of fused-ring (bicyclic) bond motifs is 3. The van der Waals surface area contributed by atoms with Crippen molar-refractivity contribution in [3.63, 3.8) is 0 Å². The molecule has 2 aliphatic rings. The molecule has 0 radical (unpaired) electrons. The number of aromatic nitrogens is 4. The van der Waals surface area contributed by atoms with Crippen molar-refractivity contribution in [3.05, 3.63) is 72.4 Å². The van der Waals surface area contributed by atoms with Crippen LogP contribution in [-0.2, 0) is 19.1 Å². The summed E-state index contributed by atoms with van der Waals surface area (Å²) in [5.41, 5.74) is 5.38. The molecule has 0 bridgehead atoms. The van der Waals surface area contributed by atoms with Gasteiger partial charge in [-0.05, 0) is 52.1 Å². The van der Waals surface area contributed by atoms with Crippen LogP contribution in [0.4, 0.5) is 9.18 Å². The number of aromatic amines is 2. The molecule has 4 N–H and O–H groups in total. The largest absolute Gasteiger partial charge is 0.453 e. The Labute approximate surface area is 344 Å². The third kappa shape index (κ3) is 8.53. The minimum Gasteiger partial charge on any atom is -0.453 e. The van der Waals surface area contributed by atoms with Gasteiger partial charge in [0.25, 0.3) is 0 Å². The summed E-state index contributed by atoms with van der Waals surface area (Å²) >= 11 is 0. The van der Waals surface area contributed by atoms with Gasteiger partial charge >= 0.3 is 6.09 Å². The lowest BCUT2D eigenvalue weighted by Gasteiger charge is -2.30. The monoisotopic (exact) mass is 823 g/mol. The highest BCUT2D eigenvalue weighted by Gasteiger charge is 2.46. The summed E-state index contributed by atoms with van der Waals surface area (Å²) in [6.07, 6.45) is 0.559. The van der Waals surface area contributed by atoms with Gasteiger partial charge in [-0.2, -0.15) is 0 Å². The number of nitrogens with one attached hydrogen (secondary N) is 3. The maximum atomic E-state index is 14.8. The quantitative estimate of drug-likeness (QED) is 0.0963. The van der Waals surface area contributed by atoms with E-state index in [1.165, 1.54) is 12.0 Å². The van der Waals surface area contributed by atoms with Crippen molar-refractivity contribution in [2.75, 3.05) is 26.4 Å². The van der Waals surface area contributed by atoms with Crippen LogP contribution in [0.15, 0.2) is 60.8 Å². The lowest BCUT2D eigenvalue weighted by Crippen LogP contribution is -2.51. The zero-order valence-corrected chi connectivity index (χ0v) is 35.7. The fraction of sp³-hybridized carbons (Fsp3) is 0.455. The van der Waals surface area contributed by atoms with Crippen molar-refractivity contribution in [2.45, 2.75) is 84.0 Å². The number of Topliss-reactive ketones (excluding diaryl/α,β-unsaturated/α-hetero) is 1. The van der Waals surface area contributed by atoms with Crippen LogP contribution in [0, 0.1) is 17.8 Å². The molecule has 5 aromatic rings. The number of methoxy groups -OCH3 is 1. The predicted octanol–water partition coefficient (Wildman–Crippen LogP) is 7.12. The molecule has 5 atom stereocenters. The lowest BCUT2D eigenvalue weighted by molar-refractivity contribution is -0.140. The molecule has 7 rings (SSSR count). The van der Waals surface area contributed by atoms with Gasteiger partial charge in [-0.25, -0.2) is 19.2 Å². The van der Waals surface area contributed by atoms with Gasteiger partial charge in [0.05, 0.1) is 56.7 Å². The summed E-state index contributed by atoms with van der Waals surface area (Å²) in [5.74, 6) is -0.308. The van der Waals surface area contributed by atoms with Gasteiger partial charge in [0.15, 0.2) is 5.78 Å². The van der Waals surface area contributed by atoms with Gasteiger partial charge in [-0.3, -0.25) is 14.4 Å². The van der Waals surface area contributed by atoms with E-state index in [1.807, 2.05) is 62.9 Å². The molecule has 312 valence electrons. The van der Waals surface area contributed by atoms with Crippen molar-refractivity contribution < 1.29 is 33.4 Å². The molecule has 1 unspecified atom stereocenters. The number of aliphatic hydroxyl groups excluding tert-OH is 1. The van der Waals surface area contributed by atoms with Crippen LogP contribution >= 0.6 is 0 Å². The molecule has 59 heavy (non-hydrogen) atoms. The van der Waals surface area contributed by atoms with Crippen LogP contribution in [0.25, 0.3) is 44.2 Å². The minimum atomic E-state index is -1.78. The minimum absolute atomic E-state index is 0.0294. The number of ketones is 1. The Bertz CT molecular complexity index is 2380. The standard InChI is InChI=1S/C44H54FN7O6Si/c1-24(2)33(18-31(54)21-53)42(55)52-23-59(6,7)22-37(52)41-47-34-15-13-29-16-28(12-14-32(29)39(34)49-41)26-8-10-27(11-9-26)35-19-46-40(48-35)36-17-30(45)20-51(36)43(56)38(25(3)4)50-44(57)58-5/h8-16,19,24-25,30,33,36-38,53H,17-18,20-23H2,1-7H3,(H,46,48)(H,47,49)(H,50,57)/t30?,33-,36-,37-,38-/m0/s1. The maximum absolute atomic E-state index is 14.8. The SMILES string of the molecule is COC(=O)N[C@H](C(=O)N1CC(F)C[C@H]1c1ncc(-c2ccc(-c3ccc4c(ccc5nc([C@@H]6C[Si](C)(C)CN6C(=O)[C@@H](CC(=O)CO)C(C)C)[nH]c54)c3)cc2)[nH]1)C(C)C. The number of benzene rings is 3. The Morgan fingerprint density at radius 2 is 1.63 bits per heavy atom. The van der Waals surface area contributed by atoms with Crippen molar-refractivity contribution in [1.29, 1.82) is 0 Å². The van der Waals surface area contributed by atoms with E-state index in [0.717, 1.165) is 56.1 Å². The highest BCUT2D eigenvalue weighted by molar-refractivity contribution is 6.78. The number of halogens is 1. The molecule has 2 aliphatic heterocycles. The number of nitrogens with zero attached hydrogens (tertiary/aromatic N) is 4. The number of carbonyl (C=O) groups is 4. The molecule has 0 saturated carbocycles. The molecule has 0 aliphatic carbocycles. The molecule has 13 nitrogen and oxygen atoms in total. The Morgan fingerprint density at radius 1 is 0.915 bits per heavy atom. The molecule has 2 saturated heterocycles. The van der Waals surface area contributed by atoms with Crippen LogP contribution in [0.3, 0.4) is 0 Å². The van der Waals surface area contributed by atoms with E-state index < -0.39 is 44.9 Å². The van der Waals surface area contributed by atoms with Gasteiger partial charge < -0.3 is 34.9 Å². The average molecular weight is 824 g/mol. The lowest BCUT2D eigenvalue weighted by atomic mass is 9.89. The molecule has 3 aromatic carbocycles. The molecular formula is C44H54FN7O6Si. The molecule has 2 aromatic heterocycles. The van der Waals surface area contributed by atoms with Crippen molar-refractivity contribution in [3.8, 4) is 22.4 Å². The summed E-state index contributed by atoms with van der Waals surface area (Å²) in [7, 11) is -0.547. The number of hydrogen-bond donors (Lipinski definition) is 4. The van der Waals surface area contributed by atoms with Crippen molar-refractivity contribution in [1.82, 2.24) is 35.1 Å². The van der Waals surface area contributed by atoms with Crippen molar-refractivity contribution in [2.24, 2.45) is 17.8 Å². The second kappa shape index (κ2) is 16.7. The van der Waals surface area contributed by atoms with E-state index in [2.05, 4.69) is 57.6 Å². The third-order valence-corrected chi connectivity index (χ3v) is 14.6. The highest BCUT2D eigenvalue weighted by atomic mass is 28.3. The number of hydrogen-bond acceptors (Lipinski definition) is 8. The van der Waals surface area contributed by atoms with Gasteiger partial charge in [-0.15, -0.1) is 0 Å². The molecule has 4 heterocycles. The van der Waals surface area contributed by atoms with Crippen molar-refractivity contribution >= 4 is 53.6 Å². The van der Waals surface area contributed by atoms with Crippen LogP contribution < -0.4 is 5.32 Å². The first-order valence-corrected chi connectivity index (χ1v) is 23.8. The fourth-order valence-electron chi connectivity index (χ4n) is 8.70. The van der Waals surface area contributed by atoms with Crippen LogP contribution in [0.2, 0.25) is 19.1 Å². The zero-order chi connectivity index (χ0) is 42.3. The van der Waals surface area contributed by atoms with Gasteiger partial charge in [0.2, 0.25) is 11.8 Å². The number of H-pyrrole nitrogens is 2. The third-order valence-electron chi connectivity index (χ3n) is 11.9. The van der Waals surface area contributed by atoms with Crippen LogP contribution in [-0.4, -0.2) is 105 Å². The second-order valence-electron chi connectivity index (χ2n) is 17.6. The first kappa shape index (κ1) is 41.7. The van der Waals surface area contributed by atoms with Gasteiger partial charge in [-0.1, -0.05) is 83.3 Å². The number of amides is 3. The molecular weight excluding hydrogens is 770 g/mol. The maximum Gasteiger partial charge on any atom is 0.407 e. The fourth-order valence-corrected chi connectivity index (χ4v) is 11.6. The topological polar surface area (TPSA) is 174 Å². The number of alkyl halides is 1. The highest BCUT2D eigenvalue weighted by Crippen LogP contribution is 2.41. The average Bonchev–Trinajstić information content (AvgIpc) is 4.02. The molecule has 2 fully saturated rings. The molecule has 15 heteroatoms. The summed E-state index contributed by atoms with van der Waals surface area (Å²) in [6, 6.07) is 17.6. The van der Waals surface area contributed by atoms with Crippen LogP contribution in [0.5, 0.6) is 0 Å². The Balaban J connectivity index is 1.10. The smallest absolute Gasteiger partial charge is 0.407 e. The van der Waals surface area contributed by atoms with E-state index in [4.69, 9.17) is 9.72 Å². The number of rotatable bonds is 12. The van der Waals surface area contributed by atoms with Gasteiger partial charge in [0.1, 0.15) is 30.5 Å². The summed E-state index contributed by atoms with van der Waals surface area (Å²) in [6.45, 7) is 11.4. The van der Waals surface area contributed by atoms with E-state index in [1.54, 1.807) is 6.20 Å². The Hall–Kier alpha value is -5.41. The van der Waals surface area contributed by atoms with Gasteiger partial charge in [0, 0.05) is 30.3 Å². The van der Waals surface area contributed by atoms with E-state index in [-0.39, 0.29) is 54.9 Å². The Morgan fingerprint density at radius 3 is 2.31 bits per heavy atom. The number of carbonyl (C=O) groups excluding carboxylic acids is 4. The van der Waals surface area contributed by atoms with E-state index >= 15 is 0 Å². The number of likely N-dealkylation sites (tertiary alicyclic amines) is 1. The van der Waals surface area contributed by atoms with Crippen LogP contribution in [0.1, 0.15) is 64.3 Å². The van der Waals surface area contributed by atoms with E-state index in [9.17, 15) is 28.7 Å². The normalized spacial score (nSPS) is 20.2. The zero-order valence-electron chi connectivity index (χ0n) is 34.7. The number of alkyl carbamates (subject to hydrolysis) is 1. The number of ether oxygens (including phenoxy) is 1. The first-order chi connectivity index (χ1) is 28.1. The second-order valence-corrected chi connectivity index (χ2v) is 22.6. The number of imidazole rings is 2. The summed E-state index contributed by atoms with van der Waals surface area (Å²) < 4.78 is 19.5. The Kier molecular flexibility index (Phi) is 11.8. The molecule has 0 spiro atoms. The first-order valence-electron chi connectivity index (χ1n) is 20.4. The summed E-state index contributed by atoms with van der Waals surface area (Å²) in [4.78, 5) is 71.7. The number of aliphatic hydroxyl groups is 1. The molecule has 3 amide bonds.